The monoisotopic (exact) mass is 418 g/mol. The summed E-state index contributed by atoms with van der Waals surface area (Å²) in [6, 6.07) is 11.3. The predicted octanol–water partition coefficient (Wildman–Crippen LogP) is 1.95. The normalized spacial score (nSPS) is 21.8. The van der Waals surface area contributed by atoms with E-state index in [1.165, 1.54) is 0 Å². The Hall–Kier alpha value is -4.04. The van der Waals surface area contributed by atoms with Crippen molar-refractivity contribution < 1.29 is 0 Å². The Morgan fingerprint density at radius 2 is 1.13 bits per heavy atom. The standard InChI is InChI=1S/C17H18N14/c1-3-14-16(22-24-20-14)5-12(1)18-26-30-8-28-7-29(9-30)11-31(10-28)27-19-13-2-4-15-17(6-13)23-25-21-15/h1-6H,7-11H2,(H,20,22,24)(H,21,23,25)/b26-18+,27-19+. The van der Waals surface area contributed by atoms with E-state index in [1.807, 2.05) is 46.4 Å². The number of nitrogens with zero attached hydrogens (tertiary/aromatic N) is 12. The molecule has 2 aliphatic heterocycles. The third-order valence-electron chi connectivity index (χ3n) is 5.05. The molecule has 2 N–H and O–H groups in total. The van der Waals surface area contributed by atoms with Gasteiger partial charge < -0.3 is 0 Å². The van der Waals surface area contributed by atoms with Gasteiger partial charge in [0, 0.05) is 0 Å². The third kappa shape index (κ3) is 3.64. The van der Waals surface area contributed by atoms with Gasteiger partial charge in [0.25, 0.3) is 0 Å². The highest BCUT2D eigenvalue weighted by molar-refractivity contribution is 5.77. The molecule has 14 nitrogen and oxygen atoms in total. The fourth-order valence-electron chi connectivity index (χ4n) is 3.69. The largest absolute Gasteiger partial charge is 0.258 e. The third-order valence-corrected chi connectivity index (χ3v) is 5.05. The van der Waals surface area contributed by atoms with E-state index in [2.05, 4.69) is 61.3 Å². The lowest BCUT2D eigenvalue weighted by Crippen LogP contribution is -2.61. The highest BCUT2D eigenvalue weighted by Gasteiger charge is 2.30. The van der Waals surface area contributed by atoms with Crippen molar-refractivity contribution in [1.29, 1.82) is 0 Å². The fraction of sp³-hybridized carbons (Fsp3) is 0.294. The van der Waals surface area contributed by atoms with Crippen molar-refractivity contribution in [1.82, 2.24) is 50.6 Å². The summed E-state index contributed by atoms with van der Waals surface area (Å²) in [6.45, 7) is 3.48. The van der Waals surface area contributed by atoms with Crippen molar-refractivity contribution in [2.24, 2.45) is 20.7 Å². The van der Waals surface area contributed by atoms with Crippen LogP contribution in [0.4, 0.5) is 11.4 Å². The van der Waals surface area contributed by atoms with Gasteiger partial charge in [0.2, 0.25) is 0 Å². The van der Waals surface area contributed by atoms with E-state index < -0.39 is 0 Å². The van der Waals surface area contributed by atoms with Gasteiger partial charge in [-0.2, -0.15) is 0 Å². The molecule has 0 aliphatic carbocycles. The van der Waals surface area contributed by atoms with E-state index in [0.717, 1.165) is 40.1 Å². The molecule has 31 heavy (non-hydrogen) atoms. The van der Waals surface area contributed by atoms with Gasteiger partial charge in [-0.3, -0.25) is 20.0 Å². The average Bonchev–Trinajstić information content (AvgIpc) is 3.44. The maximum absolute atomic E-state index is 4.40. The minimum Gasteiger partial charge on any atom is -0.258 e. The van der Waals surface area contributed by atoms with Gasteiger partial charge in [-0.15, -0.1) is 20.4 Å². The molecule has 14 heteroatoms. The minimum absolute atomic E-state index is 0.656. The second-order valence-electron chi connectivity index (χ2n) is 7.47. The molecule has 0 unspecified atom stereocenters. The zero-order chi connectivity index (χ0) is 20.6. The van der Waals surface area contributed by atoms with Crippen molar-refractivity contribution in [3.8, 4) is 0 Å². The second-order valence-corrected chi connectivity index (χ2v) is 7.47. The van der Waals surface area contributed by atoms with Gasteiger partial charge in [0.05, 0.1) is 55.8 Å². The summed E-state index contributed by atoms with van der Waals surface area (Å²) < 4.78 is 0. The van der Waals surface area contributed by atoms with E-state index in [0.29, 0.717) is 26.7 Å². The summed E-state index contributed by atoms with van der Waals surface area (Å²) in [5, 5.41) is 42.6. The minimum atomic E-state index is 0.656. The van der Waals surface area contributed by atoms with E-state index in [1.54, 1.807) is 0 Å². The Kier molecular flexibility index (Phi) is 4.21. The number of hydrogen-bond donors (Lipinski definition) is 2. The number of benzene rings is 2. The molecule has 2 saturated heterocycles. The molecule has 6 rings (SSSR count). The van der Waals surface area contributed by atoms with Crippen molar-refractivity contribution in [2.45, 2.75) is 0 Å². The van der Waals surface area contributed by atoms with Gasteiger partial charge in [-0.05, 0) is 36.4 Å². The van der Waals surface area contributed by atoms with Crippen LogP contribution in [0.1, 0.15) is 0 Å². The van der Waals surface area contributed by atoms with Crippen molar-refractivity contribution in [3.63, 3.8) is 0 Å². The summed E-state index contributed by atoms with van der Waals surface area (Å²) in [5.74, 6) is 0. The first-order chi connectivity index (χ1) is 15.3. The maximum Gasteiger partial charge on any atom is 0.115 e. The number of nitrogens with one attached hydrogen (secondary N) is 2. The average molecular weight is 418 g/mol. The molecule has 2 bridgehead atoms. The van der Waals surface area contributed by atoms with E-state index >= 15 is 0 Å². The van der Waals surface area contributed by atoms with Gasteiger partial charge in [0.1, 0.15) is 11.0 Å². The quantitative estimate of drug-likeness (QED) is 0.478. The van der Waals surface area contributed by atoms with Crippen LogP contribution in [0.25, 0.3) is 22.1 Å². The highest BCUT2D eigenvalue weighted by Crippen LogP contribution is 2.22. The molecule has 2 aliphatic rings. The molecule has 0 radical (unpaired) electrons. The second kappa shape index (κ2) is 7.33. The van der Waals surface area contributed by atoms with Crippen molar-refractivity contribution >= 4 is 33.4 Å². The SMILES string of the molecule is c1cc2[nH]nnc2cc1/N=N/N1CN2CN(C1)CN(/N=N/c1ccc3[nH]nnc3c1)C2. The van der Waals surface area contributed by atoms with E-state index in [-0.39, 0.29) is 0 Å². The predicted molar refractivity (Wildman–Crippen MR) is 109 cm³/mol. The molecule has 2 fully saturated rings. The molecule has 2 aromatic heterocycles. The Labute approximate surface area is 175 Å². The highest BCUT2D eigenvalue weighted by atomic mass is 15.7. The zero-order valence-corrected chi connectivity index (χ0v) is 16.4. The summed E-state index contributed by atoms with van der Waals surface area (Å²) in [4.78, 5) is 4.43. The summed E-state index contributed by atoms with van der Waals surface area (Å²) in [6.07, 6.45) is 0. The number of H-pyrrole nitrogens is 2. The van der Waals surface area contributed by atoms with Crippen LogP contribution in [0.3, 0.4) is 0 Å². The Bertz CT molecular complexity index is 1160. The van der Waals surface area contributed by atoms with Crippen molar-refractivity contribution in [2.75, 3.05) is 33.3 Å². The topological polar surface area (TPSA) is 146 Å². The maximum atomic E-state index is 4.40. The van der Waals surface area contributed by atoms with E-state index in [9.17, 15) is 0 Å². The van der Waals surface area contributed by atoms with Gasteiger partial charge in [0.15, 0.2) is 0 Å². The van der Waals surface area contributed by atoms with Gasteiger partial charge in [-0.25, -0.2) is 10.0 Å². The number of aromatic amines is 2. The molecule has 0 atom stereocenters. The lowest BCUT2D eigenvalue weighted by molar-refractivity contribution is -0.124. The fourth-order valence-corrected chi connectivity index (χ4v) is 3.69. The Morgan fingerprint density at radius 3 is 1.61 bits per heavy atom. The van der Waals surface area contributed by atoms with Crippen LogP contribution in [0.15, 0.2) is 57.1 Å². The molecular weight excluding hydrogens is 400 g/mol. The lowest BCUT2D eigenvalue weighted by atomic mass is 10.3. The molecule has 4 heterocycles. The van der Waals surface area contributed by atoms with Crippen LogP contribution in [0.5, 0.6) is 0 Å². The molecule has 0 amide bonds. The number of fused-ring (bicyclic) bond motifs is 4. The lowest BCUT2D eigenvalue weighted by Gasteiger charge is -2.46. The summed E-state index contributed by atoms with van der Waals surface area (Å²) >= 11 is 0. The smallest absolute Gasteiger partial charge is 0.115 e. The molecule has 4 aromatic rings. The van der Waals surface area contributed by atoms with Gasteiger partial charge >= 0.3 is 0 Å². The Balaban J connectivity index is 1.09. The number of hydrogen-bond acceptors (Lipinski definition) is 10. The Morgan fingerprint density at radius 1 is 0.645 bits per heavy atom. The first-order valence-corrected chi connectivity index (χ1v) is 9.68. The van der Waals surface area contributed by atoms with Crippen LogP contribution in [0, 0.1) is 0 Å². The van der Waals surface area contributed by atoms with Crippen molar-refractivity contribution in [3.05, 3.63) is 36.4 Å². The summed E-state index contributed by atoms with van der Waals surface area (Å²) in [5.41, 5.74) is 4.76. The molecule has 0 spiro atoms. The first kappa shape index (κ1) is 17.8. The van der Waals surface area contributed by atoms with Crippen LogP contribution in [-0.2, 0) is 0 Å². The zero-order valence-electron chi connectivity index (χ0n) is 16.4. The van der Waals surface area contributed by atoms with E-state index in [4.69, 9.17) is 0 Å². The number of aromatic nitrogens is 6. The van der Waals surface area contributed by atoms with Crippen LogP contribution >= 0.6 is 0 Å². The summed E-state index contributed by atoms with van der Waals surface area (Å²) in [7, 11) is 0. The number of rotatable bonds is 4. The molecule has 2 aromatic carbocycles. The molecular formula is C17H18N14. The molecule has 156 valence electrons. The van der Waals surface area contributed by atoms with Crippen LogP contribution < -0.4 is 0 Å². The van der Waals surface area contributed by atoms with Crippen LogP contribution in [0.2, 0.25) is 0 Å². The first-order valence-electron chi connectivity index (χ1n) is 9.68. The van der Waals surface area contributed by atoms with Gasteiger partial charge in [-0.1, -0.05) is 20.9 Å². The molecule has 0 saturated carbocycles. The van der Waals surface area contributed by atoms with Crippen LogP contribution in [-0.4, -0.2) is 84.0 Å².